The third-order valence-corrected chi connectivity index (χ3v) is 9.16. The molecule has 33 heavy (non-hydrogen) atoms. The molecule has 0 unspecified atom stereocenters. The highest BCUT2D eigenvalue weighted by atomic mass is 32.2. The number of nitrogens with zero attached hydrogens (tertiary/aromatic N) is 2. The van der Waals surface area contributed by atoms with E-state index in [0.717, 1.165) is 44.9 Å². The Balaban J connectivity index is 1.73. The van der Waals surface area contributed by atoms with E-state index < -0.39 is 15.5 Å². The number of aryl methyl sites for hydroxylation is 1. The minimum absolute atomic E-state index is 0.0613. The van der Waals surface area contributed by atoms with Gasteiger partial charge in [-0.15, -0.1) is 0 Å². The van der Waals surface area contributed by atoms with Crippen molar-refractivity contribution in [2.75, 3.05) is 13.1 Å². The lowest BCUT2D eigenvalue weighted by Gasteiger charge is -2.29. The molecule has 7 nitrogen and oxygen atoms in total. The van der Waals surface area contributed by atoms with E-state index in [1.807, 2.05) is 11.5 Å². The van der Waals surface area contributed by atoms with Gasteiger partial charge in [-0.25, -0.2) is 8.42 Å². The second-order valence-electron chi connectivity index (χ2n) is 9.50. The number of sulfonamides is 1. The average molecular weight is 474 g/mol. The Hall–Kier alpha value is -2.19. The molecule has 1 saturated carbocycles. The fraction of sp³-hybridized carbons (Fsp3) is 0.600. The van der Waals surface area contributed by atoms with E-state index in [0.29, 0.717) is 31.1 Å². The number of rotatable bonds is 5. The minimum atomic E-state index is -3.69. The van der Waals surface area contributed by atoms with Crippen molar-refractivity contribution in [2.24, 2.45) is 5.92 Å². The largest absolute Gasteiger partial charge is 0.349 e. The van der Waals surface area contributed by atoms with Gasteiger partial charge in [-0.2, -0.15) is 4.31 Å². The Morgan fingerprint density at radius 1 is 1.06 bits per heavy atom. The molecule has 1 aromatic heterocycles. The lowest BCUT2D eigenvalue weighted by atomic mass is 9.86. The summed E-state index contributed by atoms with van der Waals surface area (Å²) in [5.74, 6) is 0.00514. The summed E-state index contributed by atoms with van der Waals surface area (Å²) in [6.45, 7) is 5.64. The van der Waals surface area contributed by atoms with Gasteiger partial charge in [-0.05, 0) is 56.7 Å². The van der Waals surface area contributed by atoms with Crippen LogP contribution in [0.3, 0.4) is 0 Å². The highest BCUT2D eigenvalue weighted by molar-refractivity contribution is 7.89. The predicted octanol–water partition coefficient (Wildman–Crippen LogP) is 3.89. The molecule has 1 amide bonds. The topological polar surface area (TPSA) is 88.5 Å². The lowest BCUT2D eigenvalue weighted by Crippen LogP contribution is -2.42. The number of fused-ring (bicyclic) bond motifs is 1. The summed E-state index contributed by atoms with van der Waals surface area (Å²) < 4.78 is 30.0. The molecule has 2 aromatic rings. The molecule has 1 N–H and O–H groups in total. The van der Waals surface area contributed by atoms with Gasteiger partial charge in [0.05, 0.1) is 10.4 Å². The number of hydrogen-bond acceptors (Lipinski definition) is 4. The standard InChI is InChI=1S/C25H35N3O4S/c1-3-27-17-21(25(30)26-22-11-7-6-10-18(22)2)24(29)20-16-19(12-13-23(20)27)33(31,32)28-14-8-4-5-9-15-28/h12-13,16-18,22H,3-11,14-15H2,1-2H3,(H,26,30)/t18-,22+/m1/s1. The van der Waals surface area contributed by atoms with Crippen LogP contribution in [0.15, 0.2) is 34.1 Å². The molecule has 1 aliphatic carbocycles. The lowest BCUT2D eigenvalue weighted by molar-refractivity contribution is 0.0908. The van der Waals surface area contributed by atoms with Crippen LogP contribution in [-0.2, 0) is 16.6 Å². The van der Waals surface area contributed by atoms with Crippen LogP contribution in [0.1, 0.15) is 75.6 Å². The number of hydrogen-bond donors (Lipinski definition) is 1. The molecule has 180 valence electrons. The Labute approximate surface area is 196 Å². The minimum Gasteiger partial charge on any atom is -0.349 e. The highest BCUT2D eigenvalue weighted by Crippen LogP contribution is 2.25. The van der Waals surface area contributed by atoms with Gasteiger partial charge >= 0.3 is 0 Å². The van der Waals surface area contributed by atoms with Crippen molar-refractivity contribution in [3.8, 4) is 0 Å². The van der Waals surface area contributed by atoms with Crippen LogP contribution in [0.4, 0.5) is 0 Å². The zero-order chi connectivity index (χ0) is 23.6. The molecule has 1 aliphatic heterocycles. The van der Waals surface area contributed by atoms with Crippen LogP contribution in [0.5, 0.6) is 0 Å². The van der Waals surface area contributed by atoms with Gasteiger partial charge in [-0.3, -0.25) is 9.59 Å². The molecule has 0 bridgehead atoms. The average Bonchev–Trinajstić information content (AvgIpc) is 3.11. The number of aromatic nitrogens is 1. The molecule has 1 aromatic carbocycles. The van der Waals surface area contributed by atoms with Gasteiger partial charge in [0.2, 0.25) is 15.5 Å². The number of pyridine rings is 1. The number of benzene rings is 1. The summed E-state index contributed by atoms with van der Waals surface area (Å²) in [6.07, 6.45) is 9.59. The van der Waals surface area contributed by atoms with Crippen molar-refractivity contribution < 1.29 is 13.2 Å². The summed E-state index contributed by atoms with van der Waals surface area (Å²) in [4.78, 5) is 26.6. The van der Waals surface area contributed by atoms with Gasteiger partial charge in [0, 0.05) is 37.3 Å². The van der Waals surface area contributed by atoms with E-state index in [1.165, 1.54) is 16.8 Å². The maximum Gasteiger partial charge on any atom is 0.256 e. The molecule has 1 saturated heterocycles. The predicted molar refractivity (Wildman–Crippen MR) is 130 cm³/mol. The summed E-state index contributed by atoms with van der Waals surface area (Å²) in [5, 5.41) is 3.34. The van der Waals surface area contributed by atoms with Crippen LogP contribution in [0.25, 0.3) is 10.9 Å². The van der Waals surface area contributed by atoms with E-state index in [4.69, 9.17) is 0 Å². The molecule has 4 rings (SSSR count). The first kappa shape index (κ1) is 24.0. The van der Waals surface area contributed by atoms with Crippen molar-refractivity contribution in [1.82, 2.24) is 14.2 Å². The zero-order valence-electron chi connectivity index (χ0n) is 19.7. The number of nitrogens with one attached hydrogen (secondary N) is 1. The zero-order valence-corrected chi connectivity index (χ0v) is 20.5. The van der Waals surface area contributed by atoms with Crippen molar-refractivity contribution >= 4 is 26.8 Å². The molecule has 2 atom stereocenters. The highest BCUT2D eigenvalue weighted by Gasteiger charge is 2.28. The van der Waals surface area contributed by atoms with Gasteiger partial charge < -0.3 is 9.88 Å². The summed E-state index contributed by atoms with van der Waals surface area (Å²) >= 11 is 0. The first-order valence-corrected chi connectivity index (χ1v) is 13.7. The fourth-order valence-electron chi connectivity index (χ4n) is 5.17. The van der Waals surface area contributed by atoms with Crippen molar-refractivity contribution in [1.29, 1.82) is 0 Å². The van der Waals surface area contributed by atoms with Gasteiger partial charge in [0.15, 0.2) is 0 Å². The fourth-order valence-corrected chi connectivity index (χ4v) is 6.71. The molecule has 2 fully saturated rings. The monoisotopic (exact) mass is 473 g/mol. The van der Waals surface area contributed by atoms with E-state index in [1.54, 1.807) is 18.3 Å². The van der Waals surface area contributed by atoms with Crippen molar-refractivity contribution in [3.05, 3.63) is 40.2 Å². The summed E-state index contributed by atoms with van der Waals surface area (Å²) in [6, 6.07) is 4.79. The van der Waals surface area contributed by atoms with Gasteiger partial charge in [-0.1, -0.05) is 32.6 Å². The van der Waals surface area contributed by atoms with E-state index in [9.17, 15) is 18.0 Å². The normalized spacial score (nSPS) is 22.7. The molecule has 0 spiro atoms. The van der Waals surface area contributed by atoms with Crippen LogP contribution in [0, 0.1) is 5.92 Å². The Bertz CT molecular complexity index is 1180. The van der Waals surface area contributed by atoms with Crippen molar-refractivity contribution in [2.45, 2.75) is 82.7 Å². The molecule has 2 heterocycles. The van der Waals surface area contributed by atoms with E-state index >= 15 is 0 Å². The molecular weight excluding hydrogens is 438 g/mol. The van der Waals surface area contributed by atoms with E-state index in [-0.39, 0.29) is 27.8 Å². The van der Waals surface area contributed by atoms with Crippen LogP contribution in [0.2, 0.25) is 0 Å². The SMILES string of the molecule is CCn1cc(C(=O)N[C@H]2CCCC[C@H]2C)c(=O)c2cc(S(=O)(=O)N3CCCCCC3)ccc21. The molecule has 0 radical (unpaired) electrons. The maximum absolute atomic E-state index is 13.4. The Morgan fingerprint density at radius 3 is 2.42 bits per heavy atom. The van der Waals surface area contributed by atoms with Crippen LogP contribution >= 0.6 is 0 Å². The Kier molecular flexibility index (Phi) is 7.24. The number of amides is 1. The number of carbonyl (C=O) groups excluding carboxylic acids is 1. The second kappa shape index (κ2) is 9.97. The first-order valence-electron chi connectivity index (χ1n) is 12.3. The van der Waals surface area contributed by atoms with Crippen molar-refractivity contribution in [3.63, 3.8) is 0 Å². The third kappa shape index (κ3) is 4.87. The summed E-state index contributed by atoms with van der Waals surface area (Å²) in [5.41, 5.74) is 0.301. The van der Waals surface area contributed by atoms with Crippen LogP contribution < -0.4 is 10.7 Å². The molecule has 2 aliphatic rings. The first-order chi connectivity index (χ1) is 15.8. The third-order valence-electron chi connectivity index (χ3n) is 7.27. The van der Waals surface area contributed by atoms with E-state index in [2.05, 4.69) is 12.2 Å². The van der Waals surface area contributed by atoms with Gasteiger partial charge in [0.25, 0.3) is 5.91 Å². The van der Waals surface area contributed by atoms with Gasteiger partial charge in [0.1, 0.15) is 5.56 Å². The Morgan fingerprint density at radius 2 is 1.76 bits per heavy atom. The summed E-state index contributed by atoms with van der Waals surface area (Å²) in [7, 11) is -3.69. The molecule has 8 heteroatoms. The molecular formula is C25H35N3O4S. The smallest absolute Gasteiger partial charge is 0.256 e. The number of carbonyl (C=O) groups is 1. The second-order valence-corrected chi connectivity index (χ2v) is 11.4. The quantitative estimate of drug-likeness (QED) is 0.713. The van der Waals surface area contributed by atoms with Crippen LogP contribution in [-0.4, -0.2) is 42.3 Å². The maximum atomic E-state index is 13.4.